The molecule has 2 saturated heterocycles. The van der Waals surface area contributed by atoms with Gasteiger partial charge in [0.25, 0.3) is 0 Å². The monoisotopic (exact) mass is 568 g/mol. The van der Waals surface area contributed by atoms with Crippen molar-refractivity contribution in [1.29, 1.82) is 0 Å². The van der Waals surface area contributed by atoms with Crippen molar-refractivity contribution >= 4 is 29.5 Å². The summed E-state index contributed by atoms with van der Waals surface area (Å²) in [5.74, 6) is -1.27. The maximum absolute atomic E-state index is 12.9. The Labute approximate surface area is 241 Å². The lowest BCUT2D eigenvalue weighted by Crippen LogP contribution is -2.55. The normalized spacial score (nSPS) is 20.2. The lowest BCUT2D eigenvalue weighted by molar-refractivity contribution is -0.139. The third kappa shape index (κ3) is 8.06. The van der Waals surface area contributed by atoms with Crippen molar-refractivity contribution < 1.29 is 24.0 Å². The highest BCUT2D eigenvalue weighted by Crippen LogP contribution is 2.61. The van der Waals surface area contributed by atoms with Crippen LogP contribution in [-0.4, -0.2) is 79.2 Å². The molecule has 2 unspecified atom stereocenters. The summed E-state index contributed by atoms with van der Waals surface area (Å²) in [7, 11) is 0. The molecule has 41 heavy (non-hydrogen) atoms. The van der Waals surface area contributed by atoms with Gasteiger partial charge in [-0.25, -0.2) is 0 Å². The molecule has 1 aliphatic carbocycles. The molecule has 6 N–H and O–H groups in total. The fourth-order valence-electron chi connectivity index (χ4n) is 6.73. The Morgan fingerprint density at radius 3 is 2.24 bits per heavy atom. The molecule has 0 radical (unpaired) electrons. The average molecular weight is 569 g/mol. The Balaban J connectivity index is 1.18. The number of piperidine rings is 1. The van der Waals surface area contributed by atoms with Gasteiger partial charge in [0.05, 0.1) is 19.1 Å². The molecule has 2 atom stereocenters. The predicted molar refractivity (Wildman–Crippen MR) is 153 cm³/mol. The molecule has 1 saturated carbocycles. The van der Waals surface area contributed by atoms with Gasteiger partial charge in [0.1, 0.15) is 6.04 Å². The maximum atomic E-state index is 12.9. The number of nitrogens with zero attached hydrogens (tertiary/aromatic N) is 1. The van der Waals surface area contributed by atoms with E-state index in [9.17, 15) is 24.0 Å². The van der Waals surface area contributed by atoms with Gasteiger partial charge >= 0.3 is 0 Å². The summed E-state index contributed by atoms with van der Waals surface area (Å²) >= 11 is 0. The largest absolute Gasteiger partial charge is 0.356 e. The maximum Gasteiger partial charge on any atom is 0.243 e. The minimum absolute atomic E-state index is 0.115. The van der Waals surface area contributed by atoms with E-state index in [0.717, 1.165) is 37.8 Å². The molecular weight excluding hydrogens is 524 g/mol. The first-order chi connectivity index (χ1) is 19.5. The lowest BCUT2D eigenvalue weighted by Gasteiger charge is -2.57. The number of hydrogen-bond acceptors (Lipinski definition) is 6. The number of likely N-dealkylation sites (tertiary alicyclic amines) is 1. The van der Waals surface area contributed by atoms with Gasteiger partial charge in [-0.1, -0.05) is 44.2 Å². The van der Waals surface area contributed by atoms with Crippen LogP contribution >= 0.6 is 0 Å². The molecule has 11 heteroatoms. The van der Waals surface area contributed by atoms with Crippen LogP contribution in [0.25, 0.3) is 0 Å². The van der Waals surface area contributed by atoms with Gasteiger partial charge in [-0.3, -0.25) is 24.0 Å². The number of carbonyl (C=O) groups is 5. The van der Waals surface area contributed by atoms with E-state index in [1.807, 2.05) is 44.2 Å². The zero-order valence-corrected chi connectivity index (χ0v) is 24.2. The second-order valence-corrected chi connectivity index (χ2v) is 12.7. The number of nitrogens with two attached hydrogens (primary N) is 1. The van der Waals surface area contributed by atoms with E-state index in [4.69, 9.17) is 5.73 Å². The summed E-state index contributed by atoms with van der Waals surface area (Å²) < 4.78 is 0. The number of nitrogens with one attached hydrogen (secondary N) is 4. The van der Waals surface area contributed by atoms with E-state index in [-0.39, 0.29) is 41.7 Å². The number of carbonyl (C=O) groups excluding carboxylic acids is 5. The van der Waals surface area contributed by atoms with Crippen LogP contribution in [0.15, 0.2) is 30.3 Å². The standard InChI is InChI=1S/C30H44N6O5/c1-20(2)12-23(35-25(38)15-32-27(40)22(31)13-21-6-4-3-5-7-21)28(41)33-16-26(39)36-10-8-29(9-11-36)17-30(18-29)14-24(37)34-19-30/h3-7,20,22-23H,8-19,31H2,1-2H3,(H,32,40)(H,33,41)(H,34,37)(H,35,38). The first kappa shape index (κ1) is 30.5. The SMILES string of the molecule is CC(C)CC(NC(=O)CNC(=O)C(N)Cc1ccccc1)C(=O)NCC(=O)N1CCC2(CC1)CC1(CNC(=O)C1)C2. The molecule has 4 rings (SSSR count). The van der Waals surface area contributed by atoms with Gasteiger partial charge < -0.3 is 31.9 Å². The molecule has 3 aliphatic rings. The highest BCUT2D eigenvalue weighted by molar-refractivity contribution is 5.92. The number of amides is 5. The molecular formula is C30H44N6O5. The molecule has 224 valence electrons. The van der Waals surface area contributed by atoms with E-state index >= 15 is 0 Å². The molecule has 2 aliphatic heterocycles. The molecule has 2 heterocycles. The van der Waals surface area contributed by atoms with Crippen LogP contribution in [0.4, 0.5) is 0 Å². The molecule has 2 spiro atoms. The molecule has 5 amide bonds. The van der Waals surface area contributed by atoms with Crippen molar-refractivity contribution in [3.63, 3.8) is 0 Å². The second kappa shape index (κ2) is 13.0. The van der Waals surface area contributed by atoms with Gasteiger partial charge in [0.15, 0.2) is 0 Å². The van der Waals surface area contributed by atoms with Crippen LogP contribution in [0, 0.1) is 16.7 Å². The van der Waals surface area contributed by atoms with Crippen molar-refractivity contribution in [2.24, 2.45) is 22.5 Å². The summed E-state index contributed by atoms with van der Waals surface area (Å²) in [6.45, 7) is 5.49. The highest BCUT2D eigenvalue weighted by Gasteiger charge is 2.57. The van der Waals surface area contributed by atoms with Crippen molar-refractivity contribution in [3.05, 3.63) is 35.9 Å². The molecule has 3 fully saturated rings. The average Bonchev–Trinajstić information content (AvgIpc) is 3.31. The van der Waals surface area contributed by atoms with Gasteiger partial charge in [0.2, 0.25) is 29.5 Å². The lowest BCUT2D eigenvalue weighted by atomic mass is 9.49. The van der Waals surface area contributed by atoms with E-state index in [2.05, 4.69) is 21.3 Å². The van der Waals surface area contributed by atoms with Gasteiger partial charge in [-0.2, -0.15) is 0 Å². The second-order valence-electron chi connectivity index (χ2n) is 12.7. The molecule has 1 aromatic carbocycles. The van der Waals surface area contributed by atoms with Gasteiger partial charge in [-0.05, 0) is 60.8 Å². The third-order valence-electron chi connectivity index (χ3n) is 8.70. The van der Waals surface area contributed by atoms with Crippen molar-refractivity contribution in [2.75, 3.05) is 32.7 Å². The Bertz CT molecular complexity index is 1120. The van der Waals surface area contributed by atoms with Gasteiger partial charge in [0, 0.05) is 26.1 Å². The van der Waals surface area contributed by atoms with E-state index in [1.165, 1.54) is 0 Å². The number of hydrogen-bond donors (Lipinski definition) is 5. The smallest absolute Gasteiger partial charge is 0.243 e. The molecule has 1 aromatic rings. The number of benzene rings is 1. The summed E-state index contributed by atoms with van der Waals surface area (Å²) in [6.07, 6.45) is 5.24. The van der Waals surface area contributed by atoms with Crippen LogP contribution < -0.4 is 27.0 Å². The zero-order chi connectivity index (χ0) is 29.6. The highest BCUT2D eigenvalue weighted by atomic mass is 16.2. The van der Waals surface area contributed by atoms with Gasteiger partial charge in [-0.15, -0.1) is 0 Å². The zero-order valence-electron chi connectivity index (χ0n) is 24.2. The Morgan fingerprint density at radius 2 is 1.63 bits per heavy atom. The fraction of sp³-hybridized carbons (Fsp3) is 0.633. The summed E-state index contributed by atoms with van der Waals surface area (Å²) in [4.78, 5) is 64.2. The molecule has 0 aromatic heterocycles. The van der Waals surface area contributed by atoms with Crippen LogP contribution in [0.5, 0.6) is 0 Å². The van der Waals surface area contributed by atoms with Crippen molar-refractivity contribution in [2.45, 2.75) is 70.9 Å². The Hall–Kier alpha value is -3.47. The van der Waals surface area contributed by atoms with Crippen molar-refractivity contribution in [3.8, 4) is 0 Å². The Kier molecular flexibility index (Phi) is 9.68. The summed E-state index contributed by atoms with van der Waals surface area (Å²) in [5, 5.41) is 10.9. The van der Waals surface area contributed by atoms with E-state index < -0.39 is 29.8 Å². The molecule has 11 nitrogen and oxygen atoms in total. The van der Waals surface area contributed by atoms with E-state index in [1.54, 1.807) is 4.90 Å². The van der Waals surface area contributed by atoms with E-state index in [0.29, 0.717) is 32.4 Å². The number of rotatable bonds is 11. The fourth-order valence-corrected chi connectivity index (χ4v) is 6.73. The van der Waals surface area contributed by atoms with Crippen LogP contribution in [0.2, 0.25) is 0 Å². The van der Waals surface area contributed by atoms with Crippen LogP contribution in [-0.2, 0) is 30.4 Å². The van der Waals surface area contributed by atoms with Crippen molar-refractivity contribution in [1.82, 2.24) is 26.2 Å². The summed E-state index contributed by atoms with van der Waals surface area (Å²) in [5.41, 5.74) is 7.24. The van der Waals surface area contributed by atoms with Crippen LogP contribution in [0.1, 0.15) is 57.9 Å². The predicted octanol–water partition coefficient (Wildman–Crippen LogP) is 0.229. The Morgan fingerprint density at radius 1 is 0.976 bits per heavy atom. The third-order valence-corrected chi connectivity index (χ3v) is 8.70. The first-order valence-corrected chi connectivity index (χ1v) is 14.7. The molecule has 0 bridgehead atoms. The quantitative estimate of drug-likeness (QED) is 0.257. The first-order valence-electron chi connectivity index (χ1n) is 14.7. The summed E-state index contributed by atoms with van der Waals surface area (Å²) in [6, 6.07) is 7.74. The minimum Gasteiger partial charge on any atom is -0.356 e. The minimum atomic E-state index is -0.830. The topological polar surface area (TPSA) is 163 Å². The van der Waals surface area contributed by atoms with Crippen LogP contribution in [0.3, 0.4) is 0 Å².